The molecule has 0 heterocycles. The summed E-state index contributed by atoms with van der Waals surface area (Å²) in [5.74, 6) is 2.18. The van der Waals surface area contributed by atoms with Crippen molar-refractivity contribution in [1.82, 2.24) is 0 Å². The molecule has 0 amide bonds. The third kappa shape index (κ3) is 6.82. The van der Waals surface area contributed by atoms with Crippen LogP contribution in [0.4, 0.5) is 0 Å². The van der Waals surface area contributed by atoms with Crippen LogP contribution in [0.1, 0.15) is 65.0 Å². The molecule has 0 spiro atoms. The van der Waals surface area contributed by atoms with Crippen molar-refractivity contribution in [3.8, 4) is 11.5 Å². The van der Waals surface area contributed by atoms with E-state index in [0.717, 1.165) is 22.4 Å². The standard InChI is InChI=1S/C24H33BrO3/c1-7-17(2)19-8-13-23(22(25)16-19)28-18(3)26-14-15-27-21-11-9-20(10-12-21)24(4,5)6/h8-13,16-18H,7,14-15H2,1-6H3. The highest BCUT2D eigenvalue weighted by molar-refractivity contribution is 9.10. The predicted molar refractivity (Wildman–Crippen MR) is 120 cm³/mol. The van der Waals surface area contributed by atoms with Crippen molar-refractivity contribution < 1.29 is 14.2 Å². The highest BCUT2D eigenvalue weighted by Gasteiger charge is 2.13. The Bertz CT molecular complexity index is 735. The number of rotatable bonds is 9. The topological polar surface area (TPSA) is 27.7 Å². The van der Waals surface area contributed by atoms with Gasteiger partial charge in [0.2, 0.25) is 0 Å². The van der Waals surface area contributed by atoms with E-state index in [2.05, 4.69) is 74.8 Å². The minimum absolute atomic E-state index is 0.148. The smallest absolute Gasteiger partial charge is 0.197 e. The Morgan fingerprint density at radius 2 is 1.64 bits per heavy atom. The zero-order valence-electron chi connectivity index (χ0n) is 17.9. The van der Waals surface area contributed by atoms with Crippen LogP contribution in [0, 0.1) is 0 Å². The summed E-state index contributed by atoms with van der Waals surface area (Å²) >= 11 is 3.60. The third-order valence-electron chi connectivity index (χ3n) is 4.86. The summed E-state index contributed by atoms with van der Waals surface area (Å²) in [5, 5.41) is 0. The Hall–Kier alpha value is -1.52. The molecule has 0 aliphatic carbocycles. The average molecular weight is 449 g/mol. The monoisotopic (exact) mass is 448 g/mol. The van der Waals surface area contributed by atoms with Crippen molar-refractivity contribution in [2.45, 2.75) is 65.6 Å². The number of hydrogen-bond donors (Lipinski definition) is 0. The van der Waals surface area contributed by atoms with Crippen molar-refractivity contribution >= 4 is 15.9 Å². The highest BCUT2D eigenvalue weighted by atomic mass is 79.9. The first-order valence-electron chi connectivity index (χ1n) is 10.0. The van der Waals surface area contributed by atoms with Gasteiger partial charge in [0, 0.05) is 0 Å². The minimum atomic E-state index is -0.349. The molecule has 0 saturated heterocycles. The molecule has 0 radical (unpaired) electrons. The molecule has 2 atom stereocenters. The predicted octanol–water partition coefficient (Wildman–Crippen LogP) is 7.08. The summed E-state index contributed by atoms with van der Waals surface area (Å²) in [6.07, 6.45) is 0.767. The Labute approximate surface area is 178 Å². The largest absolute Gasteiger partial charge is 0.491 e. The van der Waals surface area contributed by atoms with E-state index in [1.54, 1.807) is 0 Å². The average Bonchev–Trinajstić information content (AvgIpc) is 2.66. The lowest BCUT2D eigenvalue weighted by Crippen LogP contribution is -2.20. The van der Waals surface area contributed by atoms with E-state index < -0.39 is 0 Å². The molecular formula is C24H33BrO3. The van der Waals surface area contributed by atoms with Gasteiger partial charge in [-0.05, 0) is 76.0 Å². The molecule has 0 N–H and O–H groups in total. The van der Waals surface area contributed by atoms with Gasteiger partial charge in [-0.3, -0.25) is 0 Å². The van der Waals surface area contributed by atoms with Crippen molar-refractivity contribution in [1.29, 1.82) is 0 Å². The molecule has 0 aliphatic heterocycles. The summed E-state index contributed by atoms with van der Waals surface area (Å²) in [7, 11) is 0. The normalized spacial score (nSPS) is 13.8. The van der Waals surface area contributed by atoms with Crippen LogP contribution in [0.15, 0.2) is 46.9 Å². The Morgan fingerprint density at radius 3 is 2.21 bits per heavy atom. The van der Waals surface area contributed by atoms with E-state index in [1.165, 1.54) is 11.1 Å². The lowest BCUT2D eigenvalue weighted by Gasteiger charge is -2.19. The van der Waals surface area contributed by atoms with Gasteiger partial charge in [0.05, 0.1) is 11.1 Å². The lowest BCUT2D eigenvalue weighted by atomic mass is 9.87. The van der Waals surface area contributed by atoms with Crippen LogP contribution in [0.3, 0.4) is 0 Å². The van der Waals surface area contributed by atoms with E-state index in [4.69, 9.17) is 14.2 Å². The number of benzene rings is 2. The molecule has 2 aromatic rings. The quantitative estimate of drug-likeness (QED) is 0.302. The van der Waals surface area contributed by atoms with Gasteiger partial charge in [-0.1, -0.05) is 52.8 Å². The third-order valence-corrected chi connectivity index (χ3v) is 5.47. The van der Waals surface area contributed by atoms with Crippen LogP contribution < -0.4 is 9.47 Å². The van der Waals surface area contributed by atoms with Gasteiger partial charge in [-0.25, -0.2) is 0 Å². The molecule has 0 bridgehead atoms. The van der Waals surface area contributed by atoms with Gasteiger partial charge < -0.3 is 14.2 Å². The second-order valence-electron chi connectivity index (χ2n) is 8.18. The van der Waals surface area contributed by atoms with Crippen molar-refractivity contribution in [2.24, 2.45) is 0 Å². The summed E-state index contributed by atoms with van der Waals surface area (Å²) in [4.78, 5) is 0. The van der Waals surface area contributed by atoms with Crippen LogP contribution in [0.25, 0.3) is 0 Å². The van der Waals surface area contributed by atoms with E-state index in [0.29, 0.717) is 19.1 Å². The van der Waals surface area contributed by atoms with E-state index in [-0.39, 0.29) is 11.7 Å². The SMILES string of the molecule is CCC(C)c1ccc(OC(C)OCCOc2ccc(C(C)(C)C)cc2)c(Br)c1. The molecule has 4 heteroatoms. The molecule has 2 rings (SSSR count). The molecule has 154 valence electrons. The second-order valence-corrected chi connectivity index (χ2v) is 9.03. The summed E-state index contributed by atoms with van der Waals surface area (Å²) in [5.41, 5.74) is 2.75. The van der Waals surface area contributed by atoms with Crippen LogP contribution in [-0.4, -0.2) is 19.5 Å². The molecule has 0 saturated carbocycles. The van der Waals surface area contributed by atoms with Crippen LogP contribution in [0.5, 0.6) is 11.5 Å². The molecule has 0 aliphatic rings. The van der Waals surface area contributed by atoms with Crippen LogP contribution >= 0.6 is 15.9 Å². The first-order chi connectivity index (χ1) is 13.2. The lowest BCUT2D eigenvalue weighted by molar-refractivity contribution is -0.0742. The Balaban J connectivity index is 1.76. The van der Waals surface area contributed by atoms with Gasteiger partial charge in [0.25, 0.3) is 0 Å². The maximum Gasteiger partial charge on any atom is 0.197 e. The molecule has 0 aromatic heterocycles. The second kappa shape index (κ2) is 10.3. The van der Waals surface area contributed by atoms with Crippen LogP contribution in [0.2, 0.25) is 0 Å². The molecular weight excluding hydrogens is 416 g/mol. The van der Waals surface area contributed by atoms with Crippen molar-refractivity contribution in [3.05, 3.63) is 58.1 Å². The van der Waals surface area contributed by atoms with Gasteiger partial charge in [0.1, 0.15) is 18.1 Å². The summed E-state index contributed by atoms with van der Waals surface area (Å²) in [6.45, 7) is 13.9. The van der Waals surface area contributed by atoms with Crippen molar-refractivity contribution in [2.75, 3.05) is 13.2 Å². The van der Waals surface area contributed by atoms with Crippen LogP contribution in [-0.2, 0) is 10.2 Å². The summed E-state index contributed by atoms with van der Waals surface area (Å²) in [6, 6.07) is 14.5. The fourth-order valence-electron chi connectivity index (χ4n) is 2.79. The van der Waals surface area contributed by atoms with E-state index >= 15 is 0 Å². The fraction of sp³-hybridized carbons (Fsp3) is 0.500. The first kappa shape index (κ1) is 22.8. The maximum atomic E-state index is 5.89. The van der Waals surface area contributed by atoms with Gasteiger partial charge in [-0.15, -0.1) is 0 Å². The Morgan fingerprint density at radius 1 is 0.964 bits per heavy atom. The zero-order valence-corrected chi connectivity index (χ0v) is 19.5. The highest BCUT2D eigenvalue weighted by Crippen LogP contribution is 2.30. The Kier molecular flexibility index (Phi) is 8.38. The number of ether oxygens (including phenoxy) is 3. The molecule has 0 fully saturated rings. The van der Waals surface area contributed by atoms with E-state index in [1.807, 2.05) is 25.1 Å². The van der Waals surface area contributed by atoms with Gasteiger partial charge >= 0.3 is 0 Å². The maximum absolute atomic E-state index is 5.89. The number of halogens is 1. The zero-order chi connectivity index (χ0) is 20.7. The minimum Gasteiger partial charge on any atom is -0.491 e. The van der Waals surface area contributed by atoms with Gasteiger partial charge in [0.15, 0.2) is 6.29 Å². The number of hydrogen-bond acceptors (Lipinski definition) is 3. The molecule has 2 unspecified atom stereocenters. The molecule has 3 nitrogen and oxygen atoms in total. The fourth-order valence-corrected chi connectivity index (χ4v) is 3.28. The van der Waals surface area contributed by atoms with Crippen molar-refractivity contribution in [3.63, 3.8) is 0 Å². The molecule has 2 aromatic carbocycles. The van der Waals surface area contributed by atoms with E-state index in [9.17, 15) is 0 Å². The summed E-state index contributed by atoms with van der Waals surface area (Å²) < 4.78 is 18.3. The first-order valence-corrected chi connectivity index (χ1v) is 10.8. The van der Waals surface area contributed by atoms with Gasteiger partial charge in [-0.2, -0.15) is 0 Å². The molecule has 28 heavy (non-hydrogen) atoms.